The molecule has 0 aliphatic heterocycles. The van der Waals surface area contributed by atoms with Gasteiger partial charge in [-0.05, 0) is 30.2 Å². The van der Waals surface area contributed by atoms with Gasteiger partial charge in [0.1, 0.15) is 5.75 Å². The first-order valence-corrected chi connectivity index (χ1v) is 8.66. The van der Waals surface area contributed by atoms with Gasteiger partial charge in [0.2, 0.25) is 5.95 Å². The van der Waals surface area contributed by atoms with Crippen LogP contribution >= 0.6 is 11.6 Å². The van der Waals surface area contributed by atoms with Gasteiger partial charge in [0.15, 0.2) is 5.82 Å². The molecule has 0 unspecified atom stereocenters. The van der Waals surface area contributed by atoms with Crippen LogP contribution < -0.4 is 15.4 Å². The lowest BCUT2D eigenvalue weighted by Gasteiger charge is -2.10. The molecular weight excluding hydrogens is 350 g/mol. The van der Waals surface area contributed by atoms with Crippen molar-refractivity contribution in [2.75, 3.05) is 24.3 Å². The lowest BCUT2D eigenvalue weighted by molar-refractivity contribution is 0.410. The predicted molar refractivity (Wildman–Crippen MR) is 104 cm³/mol. The number of aromatic nitrogens is 3. The van der Waals surface area contributed by atoms with Gasteiger partial charge in [-0.3, -0.25) is 0 Å². The van der Waals surface area contributed by atoms with Crippen LogP contribution in [0, 0.1) is 0 Å². The topological polar surface area (TPSA) is 72.0 Å². The Balaban J connectivity index is 1.53. The van der Waals surface area contributed by atoms with Crippen LogP contribution in [0.3, 0.4) is 0 Å². The number of rotatable bonds is 8. The lowest BCUT2D eigenvalue weighted by Crippen LogP contribution is -2.10. The maximum absolute atomic E-state index is 5.89. The van der Waals surface area contributed by atoms with Gasteiger partial charge in [-0.15, -0.1) is 5.10 Å². The summed E-state index contributed by atoms with van der Waals surface area (Å²) in [5, 5.41) is 15.2. The fourth-order valence-corrected chi connectivity index (χ4v) is 2.59. The normalized spacial score (nSPS) is 10.4. The maximum atomic E-state index is 5.89. The van der Waals surface area contributed by atoms with Crippen LogP contribution in [-0.4, -0.2) is 28.8 Å². The zero-order chi connectivity index (χ0) is 18.2. The molecule has 6 nitrogen and oxygen atoms in total. The van der Waals surface area contributed by atoms with Crippen molar-refractivity contribution in [3.05, 3.63) is 70.9 Å². The first-order valence-electron chi connectivity index (χ1n) is 8.28. The lowest BCUT2D eigenvalue weighted by atomic mass is 10.1. The number of benzene rings is 2. The molecule has 134 valence electrons. The molecule has 26 heavy (non-hydrogen) atoms. The molecule has 0 atom stereocenters. The van der Waals surface area contributed by atoms with E-state index in [9.17, 15) is 0 Å². The Morgan fingerprint density at radius 3 is 2.65 bits per heavy atom. The van der Waals surface area contributed by atoms with Crippen LogP contribution in [0.15, 0.2) is 54.7 Å². The zero-order valence-electron chi connectivity index (χ0n) is 14.4. The van der Waals surface area contributed by atoms with Crippen LogP contribution in [0.4, 0.5) is 11.8 Å². The van der Waals surface area contributed by atoms with Crippen LogP contribution in [0.5, 0.6) is 5.75 Å². The minimum Gasteiger partial charge on any atom is -0.496 e. The molecule has 3 aromatic rings. The highest BCUT2D eigenvalue weighted by atomic mass is 35.5. The molecular formula is C19H20ClN5O. The molecule has 7 heteroatoms. The van der Waals surface area contributed by atoms with E-state index in [-0.39, 0.29) is 0 Å². The number of hydrogen-bond acceptors (Lipinski definition) is 6. The average Bonchev–Trinajstić information content (AvgIpc) is 2.68. The third kappa shape index (κ3) is 5.07. The Hall–Kier alpha value is -2.86. The molecule has 1 aromatic heterocycles. The van der Waals surface area contributed by atoms with Crippen LogP contribution in [0.1, 0.15) is 11.1 Å². The van der Waals surface area contributed by atoms with E-state index in [2.05, 4.69) is 25.8 Å². The van der Waals surface area contributed by atoms with Crippen molar-refractivity contribution in [3.63, 3.8) is 0 Å². The minimum absolute atomic E-state index is 0.490. The van der Waals surface area contributed by atoms with Crippen molar-refractivity contribution in [2.45, 2.75) is 13.0 Å². The number of para-hydroxylation sites is 1. The van der Waals surface area contributed by atoms with Gasteiger partial charge in [0, 0.05) is 23.7 Å². The number of nitrogens with one attached hydrogen (secondary N) is 2. The zero-order valence-corrected chi connectivity index (χ0v) is 15.2. The second kappa shape index (κ2) is 9.01. The fraction of sp³-hybridized carbons (Fsp3) is 0.211. The summed E-state index contributed by atoms with van der Waals surface area (Å²) in [6, 6.07) is 15.6. The molecule has 0 spiro atoms. The van der Waals surface area contributed by atoms with Gasteiger partial charge in [0.25, 0.3) is 0 Å². The van der Waals surface area contributed by atoms with Crippen molar-refractivity contribution >= 4 is 23.4 Å². The van der Waals surface area contributed by atoms with Crippen molar-refractivity contribution in [2.24, 2.45) is 0 Å². The Morgan fingerprint density at radius 1 is 1.04 bits per heavy atom. The SMILES string of the molecule is COc1ccccc1CNc1cnnc(NCCc2ccc(Cl)cc2)n1. The minimum atomic E-state index is 0.490. The molecule has 0 fully saturated rings. The van der Waals surface area contributed by atoms with Crippen molar-refractivity contribution in [1.29, 1.82) is 0 Å². The van der Waals surface area contributed by atoms with Crippen LogP contribution in [-0.2, 0) is 13.0 Å². The average molecular weight is 370 g/mol. The van der Waals surface area contributed by atoms with E-state index >= 15 is 0 Å². The third-order valence-electron chi connectivity index (χ3n) is 3.82. The molecule has 0 radical (unpaired) electrons. The Kier molecular flexibility index (Phi) is 6.22. The molecule has 2 N–H and O–H groups in total. The van der Waals surface area contributed by atoms with E-state index in [1.165, 1.54) is 5.56 Å². The van der Waals surface area contributed by atoms with E-state index < -0.39 is 0 Å². The molecule has 0 amide bonds. The predicted octanol–water partition coefficient (Wildman–Crippen LogP) is 3.80. The summed E-state index contributed by atoms with van der Waals surface area (Å²) in [5.74, 6) is 1.98. The summed E-state index contributed by atoms with van der Waals surface area (Å²) in [4.78, 5) is 4.43. The molecule has 3 rings (SSSR count). The van der Waals surface area contributed by atoms with Gasteiger partial charge in [-0.1, -0.05) is 41.9 Å². The number of hydrogen-bond donors (Lipinski definition) is 2. The number of methoxy groups -OCH3 is 1. The molecule has 0 aliphatic rings. The van der Waals surface area contributed by atoms with Crippen molar-refractivity contribution in [1.82, 2.24) is 15.2 Å². The van der Waals surface area contributed by atoms with Crippen LogP contribution in [0.25, 0.3) is 0 Å². The van der Waals surface area contributed by atoms with E-state index in [4.69, 9.17) is 16.3 Å². The summed E-state index contributed by atoms with van der Waals surface area (Å²) in [7, 11) is 1.66. The second-order valence-corrected chi connectivity index (χ2v) is 6.07. The highest BCUT2D eigenvalue weighted by molar-refractivity contribution is 6.30. The van der Waals surface area contributed by atoms with E-state index in [1.807, 2.05) is 48.5 Å². The first kappa shape index (κ1) is 17.9. The Labute approximate surface area is 157 Å². The van der Waals surface area contributed by atoms with Gasteiger partial charge in [0.05, 0.1) is 13.3 Å². The Morgan fingerprint density at radius 2 is 1.85 bits per heavy atom. The summed E-state index contributed by atoms with van der Waals surface area (Å²) >= 11 is 5.89. The second-order valence-electron chi connectivity index (χ2n) is 5.63. The standard InChI is InChI=1S/C19H20ClN5O/c1-26-17-5-3-2-4-15(17)12-22-18-13-23-25-19(24-18)21-11-10-14-6-8-16(20)9-7-14/h2-9,13H,10-12H2,1H3,(H2,21,22,24,25). The molecule has 0 aliphatic carbocycles. The highest BCUT2D eigenvalue weighted by Gasteiger charge is 2.04. The smallest absolute Gasteiger partial charge is 0.244 e. The Bertz CT molecular complexity index is 841. The van der Waals surface area contributed by atoms with Crippen molar-refractivity contribution < 1.29 is 4.74 Å². The van der Waals surface area contributed by atoms with Gasteiger partial charge in [-0.25, -0.2) is 0 Å². The van der Waals surface area contributed by atoms with Gasteiger partial charge < -0.3 is 15.4 Å². The fourth-order valence-electron chi connectivity index (χ4n) is 2.47. The number of nitrogens with zero attached hydrogens (tertiary/aromatic N) is 3. The quantitative estimate of drug-likeness (QED) is 0.629. The largest absolute Gasteiger partial charge is 0.496 e. The highest BCUT2D eigenvalue weighted by Crippen LogP contribution is 2.18. The molecule has 0 bridgehead atoms. The third-order valence-corrected chi connectivity index (χ3v) is 4.07. The summed E-state index contributed by atoms with van der Waals surface area (Å²) in [5.41, 5.74) is 2.24. The van der Waals surface area contributed by atoms with E-state index in [1.54, 1.807) is 13.3 Å². The molecule has 0 saturated heterocycles. The number of halogens is 1. The van der Waals surface area contributed by atoms with Gasteiger partial charge >= 0.3 is 0 Å². The molecule has 0 saturated carbocycles. The summed E-state index contributed by atoms with van der Waals surface area (Å²) < 4.78 is 5.35. The summed E-state index contributed by atoms with van der Waals surface area (Å²) in [6.07, 6.45) is 2.44. The van der Waals surface area contributed by atoms with E-state index in [0.29, 0.717) is 24.9 Å². The van der Waals surface area contributed by atoms with Gasteiger partial charge in [-0.2, -0.15) is 10.1 Å². The first-order chi connectivity index (χ1) is 12.7. The monoisotopic (exact) mass is 369 g/mol. The van der Waals surface area contributed by atoms with Crippen LogP contribution in [0.2, 0.25) is 5.02 Å². The summed E-state index contributed by atoms with van der Waals surface area (Å²) in [6.45, 7) is 1.30. The molecule has 2 aromatic carbocycles. The maximum Gasteiger partial charge on any atom is 0.244 e. The molecule has 1 heterocycles. The van der Waals surface area contributed by atoms with Crippen molar-refractivity contribution in [3.8, 4) is 5.75 Å². The number of ether oxygens (including phenoxy) is 1. The van der Waals surface area contributed by atoms with E-state index in [0.717, 1.165) is 22.8 Å². The number of anilines is 2.